The van der Waals surface area contributed by atoms with E-state index in [1.54, 1.807) is 18.2 Å². The zero-order valence-corrected chi connectivity index (χ0v) is 12.5. The van der Waals surface area contributed by atoms with Crippen LogP contribution in [-0.2, 0) is 6.42 Å². The zero-order chi connectivity index (χ0) is 15.0. The van der Waals surface area contributed by atoms with Crippen molar-refractivity contribution in [2.75, 3.05) is 11.4 Å². The predicted molar refractivity (Wildman–Crippen MR) is 84.7 cm³/mol. The normalized spacial score (nSPS) is 17.4. The largest absolute Gasteiger partial charge is 0.478 e. The molecule has 1 aliphatic rings. The molecule has 0 bridgehead atoms. The van der Waals surface area contributed by atoms with E-state index in [1.807, 2.05) is 18.2 Å². The third kappa shape index (κ3) is 2.61. The average molecular weight is 302 g/mol. The minimum atomic E-state index is -0.933. The molecule has 0 aromatic heterocycles. The Labute approximate surface area is 128 Å². The van der Waals surface area contributed by atoms with E-state index in [-0.39, 0.29) is 5.56 Å². The first-order chi connectivity index (χ1) is 10.1. The number of rotatable bonds is 2. The topological polar surface area (TPSA) is 40.5 Å². The highest BCUT2D eigenvalue weighted by atomic mass is 35.5. The third-order valence-corrected chi connectivity index (χ3v) is 4.06. The molecule has 0 fully saturated rings. The van der Waals surface area contributed by atoms with E-state index in [1.165, 1.54) is 5.56 Å². The van der Waals surface area contributed by atoms with Gasteiger partial charge in [0.1, 0.15) is 0 Å². The Kier molecular flexibility index (Phi) is 3.60. The van der Waals surface area contributed by atoms with Crippen molar-refractivity contribution in [3.8, 4) is 0 Å². The summed E-state index contributed by atoms with van der Waals surface area (Å²) in [7, 11) is 0. The van der Waals surface area contributed by atoms with Crippen LogP contribution in [0, 0.1) is 5.92 Å². The van der Waals surface area contributed by atoms with Crippen LogP contribution in [0.5, 0.6) is 0 Å². The number of halogens is 1. The fourth-order valence-corrected chi connectivity index (χ4v) is 3.10. The maximum Gasteiger partial charge on any atom is 0.337 e. The highest BCUT2D eigenvalue weighted by Crippen LogP contribution is 2.37. The van der Waals surface area contributed by atoms with E-state index < -0.39 is 5.97 Å². The van der Waals surface area contributed by atoms with Crippen LogP contribution in [0.15, 0.2) is 42.5 Å². The Morgan fingerprint density at radius 3 is 2.76 bits per heavy atom. The van der Waals surface area contributed by atoms with Crippen molar-refractivity contribution >= 4 is 28.9 Å². The number of hydrogen-bond acceptors (Lipinski definition) is 2. The first-order valence-corrected chi connectivity index (χ1v) is 7.32. The molecular formula is C17H16ClNO2. The van der Waals surface area contributed by atoms with Gasteiger partial charge in [-0.25, -0.2) is 4.79 Å². The SMILES string of the molecule is CC1Cc2ccccc2N(c2cc(Cl)ccc2C(=O)O)C1. The summed E-state index contributed by atoms with van der Waals surface area (Å²) in [6.45, 7) is 2.96. The molecule has 1 N–H and O–H groups in total. The van der Waals surface area contributed by atoms with E-state index >= 15 is 0 Å². The molecule has 1 atom stereocenters. The quantitative estimate of drug-likeness (QED) is 0.895. The van der Waals surface area contributed by atoms with Gasteiger partial charge in [0.25, 0.3) is 0 Å². The molecule has 0 saturated carbocycles. The van der Waals surface area contributed by atoms with Crippen molar-refractivity contribution in [1.29, 1.82) is 0 Å². The van der Waals surface area contributed by atoms with Crippen molar-refractivity contribution in [3.63, 3.8) is 0 Å². The minimum Gasteiger partial charge on any atom is -0.478 e. The lowest BCUT2D eigenvalue weighted by Crippen LogP contribution is -2.31. The van der Waals surface area contributed by atoms with E-state index in [2.05, 4.69) is 17.9 Å². The standard InChI is InChI=1S/C17H16ClNO2/c1-11-8-12-4-2-3-5-15(12)19(10-11)16-9-13(18)6-7-14(16)17(20)21/h2-7,9,11H,8,10H2,1H3,(H,20,21). The fraction of sp³-hybridized carbons (Fsp3) is 0.235. The van der Waals surface area contributed by atoms with Gasteiger partial charge >= 0.3 is 5.97 Å². The summed E-state index contributed by atoms with van der Waals surface area (Å²) in [5, 5.41) is 9.98. The number of anilines is 2. The summed E-state index contributed by atoms with van der Waals surface area (Å²) in [6.07, 6.45) is 1.01. The van der Waals surface area contributed by atoms with Gasteiger partial charge in [0.05, 0.1) is 11.3 Å². The summed E-state index contributed by atoms with van der Waals surface area (Å²) in [4.78, 5) is 13.6. The summed E-state index contributed by atoms with van der Waals surface area (Å²) >= 11 is 6.08. The van der Waals surface area contributed by atoms with Crippen LogP contribution in [0.3, 0.4) is 0 Å². The van der Waals surface area contributed by atoms with Crippen LogP contribution in [-0.4, -0.2) is 17.6 Å². The van der Waals surface area contributed by atoms with Crippen molar-refractivity contribution < 1.29 is 9.90 Å². The molecule has 0 aliphatic carbocycles. The summed E-state index contributed by atoms with van der Waals surface area (Å²) in [5.74, 6) is -0.474. The van der Waals surface area contributed by atoms with Crippen LogP contribution >= 0.6 is 11.6 Å². The van der Waals surface area contributed by atoms with Gasteiger partial charge in [-0.1, -0.05) is 36.7 Å². The van der Waals surface area contributed by atoms with Crippen molar-refractivity contribution in [2.45, 2.75) is 13.3 Å². The first kappa shape index (κ1) is 14.0. The van der Waals surface area contributed by atoms with Gasteiger partial charge in [-0.3, -0.25) is 0 Å². The van der Waals surface area contributed by atoms with Gasteiger partial charge < -0.3 is 10.0 Å². The number of carbonyl (C=O) groups is 1. The van der Waals surface area contributed by atoms with Crippen molar-refractivity contribution in [2.24, 2.45) is 5.92 Å². The second kappa shape index (κ2) is 5.41. The van der Waals surface area contributed by atoms with Gasteiger partial charge in [-0.15, -0.1) is 0 Å². The molecule has 4 heteroatoms. The maximum absolute atomic E-state index is 11.5. The molecule has 2 aromatic carbocycles. The number of fused-ring (bicyclic) bond motifs is 1. The number of benzene rings is 2. The zero-order valence-electron chi connectivity index (χ0n) is 11.7. The number of hydrogen-bond donors (Lipinski definition) is 1. The lowest BCUT2D eigenvalue weighted by molar-refractivity contribution is 0.0697. The summed E-state index contributed by atoms with van der Waals surface area (Å²) in [5.41, 5.74) is 3.25. The predicted octanol–water partition coefficient (Wildman–Crippen LogP) is 4.37. The minimum absolute atomic E-state index is 0.281. The third-order valence-electron chi connectivity index (χ3n) is 3.83. The fourth-order valence-electron chi connectivity index (χ4n) is 2.93. The molecule has 0 radical (unpaired) electrons. The average Bonchev–Trinajstić information content (AvgIpc) is 2.45. The van der Waals surface area contributed by atoms with Gasteiger partial charge in [0, 0.05) is 17.3 Å². The smallest absolute Gasteiger partial charge is 0.337 e. The molecule has 0 amide bonds. The van der Waals surface area contributed by atoms with Crippen LogP contribution in [0.4, 0.5) is 11.4 Å². The Balaban J connectivity index is 2.17. The van der Waals surface area contributed by atoms with Gasteiger partial charge in [-0.05, 0) is 42.2 Å². The molecule has 1 unspecified atom stereocenters. The number of aromatic carboxylic acids is 1. The number of carboxylic acids is 1. The van der Waals surface area contributed by atoms with E-state index in [0.29, 0.717) is 16.6 Å². The molecule has 3 nitrogen and oxygen atoms in total. The summed E-state index contributed by atoms with van der Waals surface area (Å²) in [6, 6.07) is 13.1. The van der Waals surface area contributed by atoms with E-state index in [4.69, 9.17) is 11.6 Å². The maximum atomic E-state index is 11.5. The second-order valence-electron chi connectivity index (χ2n) is 5.52. The van der Waals surface area contributed by atoms with Gasteiger partial charge in [0.15, 0.2) is 0 Å². The summed E-state index contributed by atoms with van der Waals surface area (Å²) < 4.78 is 0. The molecule has 0 saturated heterocycles. The highest BCUT2D eigenvalue weighted by Gasteiger charge is 2.25. The Morgan fingerprint density at radius 2 is 2.00 bits per heavy atom. The molecule has 1 heterocycles. The molecule has 3 rings (SSSR count). The van der Waals surface area contributed by atoms with Crippen LogP contribution < -0.4 is 4.90 Å². The monoisotopic (exact) mass is 301 g/mol. The van der Waals surface area contributed by atoms with Crippen molar-refractivity contribution in [1.82, 2.24) is 0 Å². The number of nitrogens with zero attached hydrogens (tertiary/aromatic N) is 1. The first-order valence-electron chi connectivity index (χ1n) is 6.94. The molecule has 1 aliphatic heterocycles. The highest BCUT2D eigenvalue weighted by molar-refractivity contribution is 6.31. The molecule has 0 spiro atoms. The van der Waals surface area contributed by atoms with Crippen LogP contribution in [0.2, 0.25) is 5.02 Å². The van der Waals surface area contributed by atoms with Crippen LogP contribution in [0.25, 0.3) is 0 Å². The Morgan fingerprint density at radius 1 is 1.24 bits per heavy atom. The second-order valence-corrected chi connectivity index (χ2v) is 5.95. The lowest BCUT2D eigenvalue weighted by Gasteiger charge is -2.35. The molecular weight excluding hydrogens is 286 g/mol. The van der Waals surface area contributed by atoms with E-state index in [9.17, 15) is 9.90 Å². The molecule has 21 heavy (non-hydrogen) atoms. The lowest BCUT2D eigenvalue weighted by atomic mass is 9.93. The Hall–Kier alpha value is -2.00. The number of carboxylic acid groups (broad SMARTS) is 1. The molecule has 2 aromatic rings. The Bertz CT molecular complexity index is 699. The molecule has 108 valence electrons. The van der Waals surface area contributed by atoms with Gasteiger partial charge in [-0.2, -0.15) is 0 Å². The van der Waals surface area contributed by atoms with Gasteiger partial charge in [0.2, 0.25) is 0 Å². The number of para-hydroxylation sites is 1. The van der Waals surface area contributed by atoms with E-state index in [0.717, 1.165) is 18.7 Å². The van der Waals surface area contributed by atoms with Crippen molar-refractivity contribution in [3.05, 3.63) is 58.6 Å². The van der Waals surface area contributed by atoms with Crippen LogP contribution in [0.1, 0.15) is 22.8 Å².